The maximum atomic E-state index is 12.2. The summed E-state index contributed by atoms with van der Waals surface area (Å²) in [6.07, 6.45) is 5.27. The number of imidazole rings is 1. The van der Waals surface area contributed by atoms with Crippen molar-refractivity contribution in [1.29, 1.82) is 0 Å². The molecule has 0 aliphatic carbocycles. The molecule has 0 radical (unpaired) electrons. The van der Waals surface area contributed by atoms with Gasteiger partial charge in [-0.15, -0.1) is 0 Å². The zero-order valence-electron chi connectivity index (χ0n) is 11.0. The molecule has 2 heterocycles. The average molecular weight is 255 g/mol. The number of carbonyl (C=O) groups excluding carboxylic acids is 1. The van der Waals surface area contributed by atoms with Crippen molar-refractivity contribution in [2.75, 3.05) is 6.54 Å². The van der Waals surface area contributed by atoms with E-state index < -0.39 is 0 Å². The number of benzene rings is 1. The number of carbonyl (C=O) groups is 1. The highest BCUT2D eigenvalue weighted by atomic mass is 16.2. The van der Waals surface area contributed by atoms with Gasteiger partial charge in [0.25, 0.3) is 5.91 Å². The van der Waals surface area contributed by atoms with Crippen LogP contribution in [0.5, 0.6) is 0 Å². The number of H-pyrrole nitrogens is 1. The van der Waals surface area contributed by atoms with Crippen LogP contribution in [0.3, 0.4) is 0 Å². The molecule has 1 amide bonds. The maximum absolute atomic E-state index is 12.2. The molecule has 0 unspecified atom stereocenters. The number of nitrogens with zero attached hydrogens (tertiary/aromatic N) is 2. The Bertz CT molecular complexity index is 589. The molecular formula is C15H17N3O. The Hall–Kier alpha value is -2.10. The summed E-state index contributed by atoms with van der Waals surface area (Å²) in [4.78, 5) is 21.0. The van der Waals surface area contributed by atoms with Gasteiger partial charge in [-0.05, 0) is 29.5 Å². The summed E-state index contributed by atoms with van der Waals surface area (Å²) in [6.45, 7) is 3.61. The predicted molar refractivity (Wildman–Crippen MR) is 72.9 cm³/mol. The van der Waals surface area contributed by atoms with Gasteiger partial charge in [0, 0.05) is 25.5 Å². The van der Waals surface area contributed by atoms with E-state index in [1.54, 1.807) is 12.4 Å². The molecule has 0 fully saturated rings. The van der Waals surface area contributed by atoms with Gasteiger partial charge in [-0.25, -0.2) is 4.98 Å². The molecule has 1 aromatic heterocycles. The van der Waals surface area contributed by atoms with Crippen LogP contribution in [-0.2, 0) is 19.4 Å². The molecule has 1 aliphatic heterocycles. The molecule has 2 aromatic rings. The lowest BCUT2D eigenvalue weighted by Crippen LogP contribution is -2.36. The zero-order valence-corrected chi connectivity index (χ0v) is 11.0. The summed E-state index contributed by atoms with van der Waals surface area (Å²) in [5.41, 5.74) is 4.00. The SMILES string of the molecule is CCc1ccc2c(c1)CCN(C(=O)c1ncc[nH]1)C2. The van der Waals surface area contributed by atoms with Crippen LogP contribution in [0.1, 0.15) is 34.2 Å². The number of fused-ring (bicyclic) bond motifs is 1. The van der Waals surface area contributed by atoms with Crippen LogP contribution in [0.4, 0.5) is 0 Å². The Morgan fingerprint density at radius 3 is 3.05 bits per heavy atom. The standard InChI is InChI=1S/C15H17N3O/c1-2-11-3-4-13-10-18(8-5-12(13)9-11)15(19)14-16-6-7-17-14/h3-4,6-7,9H,2,5,8,10H2,1H3,(H,16,17). The second kappa shape index (κ2) is 4.88. The van der Waals surface area contributed by atoms with Crippen LogP contribution >= 0.6 is 0 Å². The van der Waals surface area contributed by atoms with Crippen molar-refractivity contribution >= 4 is 5.91 Å². The molecule has 4 nitrogen and oxygen atoms in total. The lowest BCUT2D eigenvalue weighted by atomic mass is 9.96. The van der Waals surface area contributed by atoms with Crippen molar-refractivity contribution in [2.45, 2.75) is 26.3 Å². The molecular weight excluding hydrogens is 238 g/mol. The monoisotopic (exact) mass is 255 g/mol. The third-order valence-electron chi connectivity index (χ3n) is 3.68. The van der Waals surface area contributed by atoms with Crippen LogP contribution in [0.15, 0.2) is 30.6 Å². The summed E-state index contributed by atoms with van der Waals surface area (Å²) in [5.74, 6) is 0.406. The molecule has 1 aromatic carbocycles. The van der Waals surface area contributed by atoms with Crippen molar-refractivity contribution in [2.24, 2.45) is 0 Å². The summed E-state index contributed by atoms with van der Waals surface area (Å²) >= 11 is 0. The van der Waals surface area contributed by atoms with Crippen molar-refractivity contribution in [3.8, 4) is 0 Å². The fourth-order valence-corrected chi connectivity index (χ4v) is 2.53. The highest BCUT2D eigenvalue weighted by Gasteiger charge is 2.23. The van der Waals surface area contributed by atoms with Crippen LogP contribution in [0.25, 0.3) is 0 Å². The number of nitrogens with one attached hydrogen (secondary N) is 1. The van der Waals surface area contributed by atoms with Gasteiger partial charge >= 0.3 is 0 Å². The Labute approximate surface area is 112 Å². The van der Waals surface area contributed by atoms with Crippen molar-refractivity contribution in [3.05, 3.63) is 53.1 Å². The fraction of sp³-hybridized carbons (Fsp3) is 0.333. The van der Waals surface area contributed by atoms with Gasteiger partial charge in [-0.2, -0.15) is 0 Å². The van der Waals surface area contributed by atoms with Gasteiger partial charge in [0.2, 0.25) is 0 Å². The van der Waals surface area contributed by atoms with Gasteiger partial charge in [-0.3, -0.25) is 4.79 Å². The van der Waals surface area contributed by atoms with Gasteiger partial charge in [0.05, 0.1) is 0 Å². The second-order valence-corrected chi connectivity index (χ2v) is 4.87. The van der Waals surface area contributed by atoms with Crippen LogP contribution in [-0.4, -0.2) is 27.3 Å². The van der Waals surface area contributed by atoms with Crippen LogP contribution < -0.4 is 0 Å². The van der Waals surface area contributed by atoms with E-state index in [0.717, 1.165) is 19.4 Å². The molecule has 0 atom stereocenters. The van der Waals surface area contributed by atoms with Crippen molar-refractivity contribution < 1.29 is 4.79 Å². The summed E-state index contributed by atoms with van der Waals surface area (Å²) in [7, 11) is 0. The Balaban J connectivity index is 1.81. The molecule has 0 saturated carbocycles. The highest BCUT2D eigenvalue weighted by Crippen LogP contribution is 2.21. The molecule has 4 heteroatoms. The Morgan fingerprint density at radius 2 is 2.32 bits per heavy atom. The third-order valence-corrected chi connectivity index (χ3v) is 3.68. The first-order valence-corrected chi connectivity index (χ1v) is 6.67. The average Bonchev–Trinajstić information content (AvgIpc) is 2.99. The van der Waals surface area contributed by atoms with Crippen molar-refractivity contribution in [3.63, 3.8) is 0 Å². The van der Waals surface area contributed by atoms with Crippen LogP contribution in [0.2, 0.25) is 0 Å². The van der Waals surface area contributed by atoms with E-state index in [1.165, 1.54) is 16.7 Å². The first-order valence-electron chi connectivity index (χ1n) is 6.67. The van der Waals surface area contributed by atoms with Gasteiger partial charge < -0.3 is 9.88 Å². The molecule has 19 heavy (non-hydrogen) atoms. The van der Waals surface area contributed by atoms with Gasteiger partial charge in [0.15, 0.2) is 5.82 Å². The smallest absolute Gasteiger partial charge is 0.289 e. The van der Waals surface area contributed by atoms with E-state index in [9.17, 15) is 4.79 Å². The number of aromatic nitrogens is 2. The van der Waals surface area contributed by atoms with Crippen LogP contribution in [0, 0.1) is 0 Å². The quantitative estimate of drug-likeness (QED) is 0.894. The van der Waals surface area contributed by atoms with Gasteiger partial charge in [0.1, 0.15) is 0 Å². The first-order chi connectivity index (χ1) is 9.28. The topological polar surface area (TPSA) is 49.0 Å². The van der Waals surface area contributed by atoms with Crippen molar-refractivity contribution in [1.82, 2.24) is 14.9 Å². The number of amides is 1. The largest absolute Gasteiger partial charge is 0.341 e. The number of hydrogen-bond acceptors (Lipinski definition) is 2. The summed E-state index contributed by atoms with van der Waals surface area (Å²) < 4.78 is 0. The molecule has 0 saturated heterocycles. The van der Waals surface area contributed by atoms with E-state index in [0.29, 0.717) is 12.4 Å². The number of aryl methyl sites for hydroxylation is 1. The molecule has 98 valence electrons. The first kappa shape index (κ1) is 12.0. The lowest BCUT2D eigenvalue weighted by Gasteiger charge is -2.28. The Morgan fingerprint density at radius 1 is 1.42 bits per heavy atom. The lowest BCUT2D eigenvalue weighted by molar-refractivity contribution is 0.0723. The third kappa shape index (κ3) is 2.26. The normalized spacial score (nSPS) is 14.3. The predicted octanol–water partition coefficient (Wildman–Crippen LogP) is 2.17. The summed E-state index contributed by atoms with van der Waals surface area (Å²) in [5, 5.41) is 0. The number of hydrogen-bond donors (Lipinski definition) is 1. The molecule has 0 bridgehead atoms. The van der Waals surface area contributed by atoms with E-state index in [2.05, 4.69) is 35.1 Å². The van der Waals surface area contributed by atoms with Gasteiger partial charge in [-0.1, -0.05) is 25.1 Å². The minimum Gasteiger partial charge on any atom is -0.341 e. The molecule has 3 rings (SSSR count). The Kier molecular flexibility index (Phi) is 3.07. The minimum absolute atomic E-state index is 0.0183. The van der Waals surface area contributed by atoms with E-state index in [1.807, 2.05) is 4.90 Å². The highest BCUT2D eigenvalue weighted by molar-refractivity contribution is 5.90. The molecule has 0 spiro atoms. The number of rotatable bonds is 2. The molecule has 1 N–H and O–H groups in total. The number of aromatic amines is 1. The van der Waals surface area contributed by atoms with E-state index in [-0.39, 0.29) is 5.91 Å². The van der Waals surface area contributed by atoms with E-state index in [4.69, 9.17) is 0 Å². The molecule has 1 aliphatic rings. The van der Waals surface area contributed by atoms with E-state index >= 15 is 0 Å². The summed E-state index contributed by atoms with van der Waals surface area (Å²) in [6, 6.07) is 6.57. The fourth-order valence-electron chi connectivity index (χ4n) is 2.53. The zero-order chi connectivity index (χ0) is 13.2. The second-order valence-electron chi connectivity index (χ2n) is 4.87. The maximum Gasteiger partial charge on any atom is 0.289 e. The minimum atomic E-state index is -0.0183.